The van der Waals surface area contributed by atoms with Gasteiger partial charge in [0.05, 0.1) is 0 Å². The molecule has 0 aliphatic rings. The van der Waals surface area contributed by atoms with Gasteiger partial charge in [0.1, 0.15) is 5.75 Å². The largest absolute Gasteiger partial charge is 0.473 e. The van der Waals surface area contributed by atoms with Crippen LogP contribution in [0.25, 0.3) is 0 Å². The summed E-state index contributed by atoms with van der Waals surface area (Å²) in [6.45, 7) is 1.59. The third-order valence-corrected chi connectivity index (χ3v) is 2.06. The summed E-state index contributed by atoms with van der Waals surface area (Å²) >= 11 is 0. The van der Waals surface area contributed by atoms with Crippen LogP contribution in [0.3, 0.4) is 0 Å². The molecule has 17 heavy (non-hydrogen) atoms. The fraction of sp³-hybridized carbons (Fsp3) is 0.417. The van der Waals surface area contributed by atoms with E-state index in [1.54, 1.807) is 0 Å². The molecule has 0 spiro atoms. The van der Waals surface area contributed by atoms with Crippen molar-refractivity contribution in [3.8, 4) is 5.75 Å². The maximum absolute atomic E-state index is 11.3. The second kappa shape index (κ2) is 7.51. The van der Waals surface area contributed by atoms with E-state index in [4.69, 9.17) is 4.74 Å². The van der Waals surface area contributed by atoms with Crippen LogP contribution >= 0.6 is 0 Å². The standard InChI is InChI=1S/C12H19N3O2/c1-15(2)9-8-13-12(16)14-10-17-11-6-4-3-5-7-11/h3-7H,8-10H2,1-2H3,(H2,13,14,16). The van der Waals surface area contributed by atoms with Crippen LogP contribution in [0.1, 0.15) is 0 Å². The molecule has 0 saturated heterocycles. The van der Waals surface area contributed by atoms with Gasteiger partial charge in [0.2, 0.25) is 0 Å². The Morgan fingerprint density at radius 3 is 2.59 bits per heavy atom. The van der Waals surface area contributed by atoms with Crippen LogP contribution in [0.2, 0.25) is 0 Å². The zero-order chi connectivity index (χ0) is 12.5. The number of benzene rings is 1. The zero-order valence-corrected chi connectivity index (χ0v) is 10.3. The number of rotatable bonds is 6. The molecule has 0 radical (unpaired) electrons. The highest BCUT2D eigenvalue weighted by atomic mass is 16.5. The van der Waals surface area contributed by atoms with E-state index in [0.29, 0.717) is 6.54 Å². The minimum atomic E-state index is -0.220. The highest BCUT2D eigenvalue weighted by Crippen LogP contribution is 2.06. The Labute approximate surface area is 102 Å². The molecule has 2 amide bonds. The predicted molar refractivity (Wildman–Crippen MR) is 67.0 cm³/mol. The van der Waals surface area contributed by atoms with Gasteiger partial charge in [-0.25, -0.2) is 4.79 Å². The molecule has 0 unspecified atom stereocenters. The lowest BCUT2D eigenvalue weighted by atomic mass is 10.3. The van der Waals surface area contributed by atoms with E-state index in [1.807, 2.05) is 49.3 Å². The van der Waals surface area contributed by atoms with Crippen LogP contribution < -0.4 is 15.4 Å². The molecule has 1 aromatic carbocycles. The van der Waals surface area contributed by atoms with Gasteiger partial charge in [-0.15, -0.1) is 0 Å². The van der Waals surface area contributed by atoms with Crippen molar-refractivity contribution in [2.75, 3.05) is 33.9 Å². The van der Waals surface area contributed by atoms with Crippen molar-refractivity contribution in [3.05, 3.63) is 30.3 Å². The Bertz CT molecular complexity index is 328. The first-order valence-electron chi connectivity index (χ1n) is 5.53. The molecule has 0 fully saturated rings. The third kappa shape index (κ3) is 6.42. The van der Waals surface area contributed by atoms with Crippen molar-refractivity contribution in [1.29, 1.82) is 0 Å². The topological polar surface area (TPSA) is 53.6 Å². The lowest BCUT2D eigenvalue weighted by Gasteiger charge is -2.11. The van der Waals surface area contributed by atoms with Crippen LogP contribution in [0.5, 0.6) is 5.75 Å². The van der Waals surface area contributed by atoms with Gasteiger partial charge in [-0.05, 0) is 26.2 Å². The van der Waals surface area contributed by atoms with Gasteiger partial charge in [0.15, 0.2) is 6.73 Å². The maximum atomic E-state index is 11.3. The number of nitrogens with one attached hydrogen (secondary N) is 2. The van der Waals surface area contributed by atoms with E-state index in [1.165, 1.54) is 0 Å². The van der Waals surface area contributed by atoms with Gasteiger partial charge in [-0.2, -0.15) is 0 Å². The number of nitrogens with zero attached hydrogens (tertiary/aromatic N) is 1. The smallest absolute Gasteiger partial charge is 0.317 e. The molecule has 0 aromatic heterocycles. The SMILES string of the molecule is CN(C)CCNC(=O)NCOc1ccccc1. The molecule has 0 atom stereocenters. The molecule has 1 rings (SSSR count). The molecule has 0 aliphatic carbocycles. The maximum Gasteiger partial charge on any atom is 0.317 e. The number of carbonyl (C=O) groups is 1. The molecule has 5 heteroatoms. The van der Waals surface area contributed by atoms with Gasteiger partial charge in [-0.1, -0.05) is 18.2 Å². The van der Waals surface area contributed by atoms with Crippen molar-refractivity contribution < 1.29 is 9.53 Å². The van der Waals surface area contributed by atoms with Crippen LogP contribution in [-0.4, -0.2) is 44.8 Å². The molecular weight excluding hydrogens is 218 g/mol. The minimum Gasteiger partial charge on any atom is -0.473 e. The Morgan fingerprint density at radius 2 is 1.94 bits per heavy atom. The van der Waals surface area contributed by atoms with Gasteiger partial charge < -0.3 is 20.3 Å². The van der Waals surface area contributed by atoms with Gasteiger partial charge in [0.25, 0.3) is 0 Å². The van der Waals surface area contributed by atoms with E-state index in [-0.39, 0.29) is 12.8 Å². The Kier molecular flexibility index (Phi) is 5.88. The monoisotopic (exact) mass is 237 g/mol. The number of hydrogen-bond acceptors (Lipinski definition) is 3. The summed E-state index contributed by atoms with van der Waals surface area (Å²) in [7, 11) is 3.91. The molecular formula is C12H19N3O2. The fourth-order valence-corrected chi connectivity index (χ4v) is 1.16. The summed E-state index contributed by atoms with van der Waals surface area (Å²) in [5.74, 6) is 0.737. The molecule has 94 valence electrons. The zero-order valence-electron chi connectivity index (χ0n) is 10.3. The summed E-state index contributed by atoms with van der Waals surface area (Å²) in [6, 6.07) is 9.13. The Balaban J connectivity index is 2.08. The summed E-state index contributed by atoms with van der Waals surface area (Å²) in [5.41, 5.74) is 0. The summed E-state index contributed by atoms with van der Waals surface area (Å²) in [5, 5.41) is 5.34. The van der Waals surface area contributed by atoms with Crippen molar-refractivity contribution in [2.45, 2.75) is 0 Å². The number of ether oxygens (including phenoxy) is 1. The van der Waals surface area contributed by atoms with Crippen LogP contribution in [0, 0.1) is 0 Å². The molecule has 1 aromatic rings. The minimum absolute atomic E-state index is 0.164. The summed E-state index contributed by atoms with van der Waals surface area (Å²) < 4.78 is 5.32. The van der Waals surface area contributed by atoms with E-state index in [2.05, 4.69) is 10.6 Å². The van der Waals surface area contributed by atoms with E-state index in [0.717, 1.165) is 12.3 Å². The molecule has 0 saturated carbocycles. The average molecular weight is 237 g/mol. The van der Waals surface area contributed by atoms with Crippen molar-refractivity contribution in [1.82, 2.24) is 15.5 Å². The van der Waals surface area contributed by atoms with E-state index in [9.17, 15) is 4.79 Å². The number of para-hydroxylation sites is 1. The Morgan fingerprint density at radius 1 is 1.24 bits per heavy atom. The van der Waals surface area contributed by atoms with E-state index >= 15 is 0 Å². The van der Waals surface area contributed by atoms with Gasteiger partial charge >= 0.3 is 6.03 Å². The molecule has 0 aliphatic heterocycles. The summed E-state index contributed by atoms with van der Waals surface area (Å²) in [6.07, 6.45) is 0. The first kappa shape index (κ1) is 13.3. The van der Waals surface area contributed by atoms with Gasteiger partial charge in [-0.3, -0.25) is 0 Å². The normalized spacial score (nSPS) is 10.1. The molecule has 0 heterocycles. The van der Waals surface area contributed by atoms with Crippen LogP contribution in [-0.2, 0) is 0 Å². The second-order valence-corrected chi connectivity index (χ2v) is 3.84. The van der Waals surface area contributed by atoms with Crippen molar-refractivity contribution >= 4 is 6.03 Å². The number of amides is 2. The average Bonchev–Trinajstić information content (AvgIpc) is 2.30. The highest BCUT2D eigenvalue weighted by Gasteiger charge is 1.99. The third-order valence-electron chi connectivity index (χ3n) is 2.06. The molecule has 2 N–H and O–H groups in total. The fourth-order valence-electron chi connectivity index (χ4n) is 1.16. The highest BCUT2D eigenvalue weighted by molar-refractivity contribution is 5.73. The first-order chi connectivity index (χ1) is 8.18. The number of urea groups is 1. The lowest BCUT2D eigenvalue weighted by Crippen LogP contribution is -2.40. The first-order valence-corrected chi connectivity index (χ1v) is 5.53. The summed E-state index contributed by atoms with van der Waals surface area (Å²) in [4.78, 5) is 13.3. The number of likely N-dealkylation sites (N-methyl/N-ethyl adjacent to an activating group) is 1. The van der Waals surface area contributed by atoms with Crippen molar-refractivity contribution in [3.63, 3.8) is 0 Å². The van der Waals surface area contributed by atoms with E-state index < -0.39 is 0 Å². The number of carbonyl (C=O) groups excluding carboxylic acids is 1. The number of hydrogen-bond donors (Lipinski definition) is 2. The molecule has 5 nitrogen and oxygen atoms in total. The lowest BCUT2D eigenvalue weighted by molar-refractivity contribution is 0.223. The van der Waals surface area contributed by atoms with Crippen LogP contribution in [0.15, 0.2) is 30.3 Å². The quantitative estimate of drug-likeness (QED) is 0.722. The van der Waals surface area contributed by atoms with Gasteiger partial charge in [0, 0.05) is 13.1 Å². The van der Waals surface area contributed by atoms with Crippen molar-refractivity contribution in [2.24, 2.45) is 0 Å². The molecule has 0 bridgehead atoms. The van der Waals surface area contributed by atoms with Crippen LogP contribution in [0.4, 0.5) is 4.79 Å². The second-order valence-electron chi connectivity index (χ2n) is 3.84. The predicted octanol–water partition coefficient (Wildman–Crippen LogP) is 0.884. The Hall–Kier alpha value is -1.75.